The van der Waals surface area contributed by atoms with Crippen LogP contribution in [0.15, 0.2) is 42.5 Å². The van der Waals surface area contributed by atoms with Crippen molar-refractivity contribution in [3.63, 3.8) is 0 Å². The van der Waals surface area contributed by atoms with Gasteiger partial charge in [-0.15, -0.1) is 0 Å². The van der Waals surface area contributed by atoms with Gasteiger partial charge in [-0.05, 0) is 41.7 Å². The zero-order valence-electron chi connectivity index (χ0n) is 23.2. The molecule has 0 unspecified atom stereocenters. The number of methoxy groups -OCH3 is 1. The van der Waals surface area contributed by atoms with Gasteiger partial charge in [0.25, 0.3) is 5.91 Å². The van der Waals surface area contributed by atoms with Crippen molar-refractivity contribution in [1.82, 2.24) is 15.1 Å². The molecule has 1 amide bonds. The first-order valence-corrected chi connectivity index (χ1v) is 13.4. The Bertz CT molecular complexity index is 1210. The second-order valence-electron chi connectivity index (χ2n) is 10.7. The zero-order chi connectivity index (χ0) is 27.7. The third kappa shape index (κ3) is 7.79. The molecule has 0 aliphatic rings. The van der Waals surface area contributed by atoms with Crippen molar-refractivity contribution in [3.05, 3.63) is 59.5 Å². The van der Waals surface area contributed by atoms with Crippen molar-refractivity contribution in [2.45, 2.75) is 78.8 Å². The summed E-state index contributed by atoms with van der Waals surface area (Å²) >= 11 is 0. The van der Waals surface area contributed by atoms with E-state index in [1.807, 2.05) is 39.0 Å². The highest BCUT2D eigenvalue weighted by molar-refractivity contribution is 6.06. The Labute approximate surface area is 224 Å². The number of hydrogen-bond donors (Lipinski definition) is 1. The molecule has 8 heteroatoms. The lowest BCUT2D eigenvalue weighted by Crippen LogP contribution is -2.49. The molecule has 0 saturated carbocycles. The van der Waals surface area contributed by atoms with E-state index in [0.717, 1.165) is 18.4 Å². The zero-order valence-corrected chi connectivity index (χ0v) is 23.2. The van der Waals surface area contributed by atoms with Gasteiger partial charge in [-0.3, -0.25) is 9.48 Å². The maximum Gasteiger partial charge on any atom is 0.328 e. The molecule has 0 saturated heterocycles. The van der Waals surface area contributed by atoms with Crippen LogP contribution in [0.2, 0.25) is 0 Å². The standard InChI is InChI=1S/C30H40FN3O4/c1-6-7-8-9-10-11-18-38-23-16-17-24-25(19-23)34(20-21-12-14-22(31)15-13-21)33-26(24)28(35)32-27(29(36)37-5)30(2,3)4/h12-17,19,27H,6-11,18,20H2,1-5H3,(H,32,35)/t27-/m1/s1. The number of ether oxygens (including phenoxy) is 2. The molecule has 3 aromatic rings. The third-order valence-electron chi connectivity index (χ3n) is 6.53. The molecule has 1 N–H and O–H groups in total. The first-order valence-electron chi connectivity index (χ1n) is 13.4. The number of amides is 1. The monoisotopic (exact) mass is 525 g/mol. The van der Waals surface area contributed by atoms with Crippen molar-refractivity contribution < 1.29 is 23.5 Å². The maximum atomic E-state index is 13.5. The highest BCUT2D eigenvalue weighted by Crippen LogP contribution is 2.27. The summed E-state index contributed by atoms with van der Waals surface area (Å²) in [6.45, 7) is 8.72. The van der Waals surface area contributed by atoms with E-state index >= 15 is 0 Å². The summed E-state index contributed by atoms with van der Waals surface area (Å²) in [4.78, 5) is 25.8. The summed E-state index contributed by atoms with van der Waals surface area (Å²) in [5.74, 6) is -0.619. The Kier molecular flexibility index (Phi) is 10.3. The Morgan fingerprint density at radius 2 is 1.71 bits per heavy atom. The van der Waals surface area contributed by atoms with Gasteiger partial charge >= 0.3 is 5.97 Å². The molecule has 38 heavy (non-hydrogen) atoms. The number of nitrogens with one attached hydrogen (secondary N) is 1. The fraction of sp³-hybridized carbons (Fsp3) is 0.500. The molecule has 1 heterocycles. The highest BCUT2D eigenvalue weighted by atomic mass is 19.1. The number of carbonyl (C=O) groups is 2. The highest BCUT2D eigenvalue weighted by Gasteiger charge is 2.35. The van der Waals surface area contributed by atoms with E-state index in [0.29, 0.717) is 29.8 Å². The van der Waals surface area contributed by atoms with Crippen LogP contribution in [-0.2, 0) is 16.1 Å². The topological polar surface area (TPSA) is 82.4 Å². The Hall–Kier alpha value is -3.42. The predicted octanol–water partition coefficient (Wildman–Crippen LogP) is 6.28. The van der Waals surface area contributed by atoms with E-state index in [2.05, 4.69) is 17.3 Å². The van der Waals surface area contributed by atoms with Gasteiger partial charge in [-0.2, -0.15) is 5.10 Å². The molecular formula is C30H40FN3O4. The molecule has 0 fully saturated rings. The minimum Gasteiger partial charge on any atom is -0.494 e. The molecule has 0 bridgehead atoms. The van der Waals surface area contributed by atoms with E-state index in [9.17, 15) is 14.0 Å². The third-order valence-corrected chi connectivity index (χ3v) is 6.53. The minimum absolute atomic E-state index is 0.197. The minimum atomic E-state index is -0.850. The number of unbranched alkanes of at least 4 members (excludes halogenated alkanes) is 5. The molecule has 0 aliphatic carbocycles. The number of fused-ring (bicyclic) bond motifs is 1. The smallest absolute Gasteiger partial charge is 0.328 e. The van der Waals surface area contributed by atoms with Gasteiger partial charge in [0.2, 0.25) is 0 Å². The van der Waals surface area contributed by atoms with Crippen LogP contribution in [0.4, 0.5) is 4.39 Å². The summed E-state index contributed by atoms with van der Waals surface area (Å²) in [5, 5.41) is 8.05. The lowest BCUT2D eigenvalue weighted by Gasteiger charge is -2.28. The summed E-state index contributed by atoms with van der Waals surface area (Å²) in [6, 6.07) is 10.9. The van der Waals surface area contributed by atoms with Crippen molar-refractivity contribution in [2.24, 2.45) is 5.41 Å². The number of benzene rings is 2. The molecule has 1 atom stereocenters. The number of esters is 1. The Morgan fingerprint density at radius 1 is 1.03 bits per heavy atom. The van der Waals surface area contributed by atoms with Crippen LogP contribution >= 0.6 is 0 Å². The molecule has 0 aliphatic heterocycles. The lowest BCUT2D eigenvalue weighted by atomic mass is 9.86. The Balaban J connectivity index is 1.87. The number of carbonyl (C=O) groups excluding carboxylic acids is 2. The summed E-state index contributed by atoms with van der Waals surface area (Å²) in [5.41, 5.74) is 1.18. The summed E-state index contributed by atoms with van der Waals surface area (Å²) in [6.07, 6.45) is 7.06. The SMILES string of the molecule is CCCCCCCCOc1ccc2c(C(=O)N[C@H](C(=O)OC)C(C)(C)C)nn(Cc3ccc(F)cc3)c2c1. The van der Waals surface area contributed by atoms with Gasteiger partial charge in [-0.25, -0.2) is 9.18 Å². The lowest BCUT2D eigenvalue weighted by molar-refractivity contribution is -0.145. The van der Waals surface area contributed by atoms with Gasteiger partial charge in [0.15, 0.2) is 5.69 Å². The van der Waals surface area contributed by atoms with E-state index in [1.165, 1.54) is 44.9 Å². The molecule has 0 spiro atoms. The van der Waals surface area contributed by atoms with Crippen molar-refractivity contribution in [1.29, 1.82) is 0 Å². The first kappa shape index (κ1) is 29.1. The molecule has 3 rings (SSSR count). The van der Waals surface area contributed by atoms with Gasteiger partial charge in [0.05, 0.1) is 25.8 Å². The quantitative estimate of drug-likeness (QED) is 0.210. The second-order valence-corrected chi connectivity index (χ2v) is 10.7. The first-order chi connectivity index (χ1) is 18.1. The summed E-state index contributed by atoms with van der Waals surface area (Å²) < 4.78 is 26.1. The van der Waals surface area contributed by atoms with Crippen LogP contribution in [0.25, 0.3) is 10.9 Å². The van der Waals surface area contributed by atoms with Gasteiger partial charge in [0, 0.05) is 11.5 Å². The van der Waals surface area contributed by atoms with Crippen LogP contribution in [-0.4, -0.2) is 41.4 Å². The number of rotatable bonds is 13. The normalized spacial score (nSPS) is 12.4. The van der Waals surface area contributed by atoms with Gasteiger partial charge in [0.1, 0.15) is 17.6 Å². The molecule has 0 radical (unpaired) electrons. The van der Waals surface area contributed by atoms with Crippen molar-refractivity contribution in [3.8, 4) is 5.75 Å². The largest absolute Gasteiger partial charge is 0.494 e. The van der Waals surface area contributed by atoms with Crippen LogP contribution < -0.4 is 10.1 Å². The van der Waals surface area contributed by atoms with Crippen LogP contribution in [0.1, 0.15) is 82.3 Å². The number of nitrogens with zero attached hydrogens (tertiary/aromatic N) is 2. The van der Waals surface area contributed by atoms with Crippen LogP contribution in [0, 0.1) is 11.2 Å². The maximum absolute atomic E-state index is 13.5. The van der Waals surface area contributed by atoms with E-state index in [4.69, 9.17) is 9.47 Å². The average Bonchev–Trinajstić information content (AvgIpc) is 3.24. The summed E-state index contributed by atoms with van der Waals surface area (Å²) in [7, 11) is 1.30. The van der Waals surface area contributed by atoms with Gasteiger partial charge in [-0.1, -0.05) is 71.9 Å². The fourth-order valence-corrected chi connectivity index (χ4v) is 4.31. The average molecular weight is 526 g/mol. The number of hydrogen-bond acceptors (Lipinski definition) is 5. The molecule has 206 valence electrons. The Morgan fingerprint density at radius 3 is 2.37 bits per heavy atom. The number of aromatic nitrogens is 2. The molecule has 2 aromatic carbocycles. The van der Waals surface area contributed by atoms with E-state index in [-0.39, 0.29) is 11.5 Å². The van der Waals surface area contributed by atoms with Gasteiger partial charge < -0.3 is 14.8 Å². The second kappa shape index (κ2) is 13.4. The molecule has 7 nitrogen and oxygen atoms in total. The molecular weight excluding hydrogens is 485 g/mol. The van der Waals surface area contributed by atoms with Crippen molar-refractivity contribution in [2.75, 3.05) is 13.7 Å². The van der Waals surface area contributed by atoms with E-state index in [1.54, 1.807) is 16.8 Å². The number of halogens is 1. The molecule has 1 aromatic heterocycles. The fourth-order valence-electron chi connectivity index (χ4n) is 4.31. The van der Waals surface area contributed by atoms with Crippen LogP contribution in [0.3, 0.4) is 0 Å². The van der Waals surface area contributed by atoms with Crippen molar-refractivity contribution >= 4 is 22.8 Å². The van der Waals surface area contributed by atoms with E-state index < -0.39 is 23.3 Å². The predicted molar refractivity (Wildman–Crippen MR) is 147 cm³/mol. The van der Waals surface area contributed by atoms with Crippen LogP contribution in [0.5, 0.6) is 5.75 Å².